The van der Waals surface area contributed by atoms with Crippen LogP contribution >= 0.6 is 0 Å². The number of nitrogens with one attached hydrogen (secondary N) is 2. The van der Waals surface area contributed by atoms with E-state index in [1.54, 1.807) is 12.1 Å². The molecule has 2 N–H and O–H groups in total. The summed E-state index contributed by atoms with van der Waals surface area (Å²) in [6, 6.07) is 15.6. The molecule has 1 aliphatic carbocycles. The standard InChI is InChI=1S/C28H38FN3O/c1-20(2)19-33-27-13-9-22(10-14-27)15-31-21(3)32(18-23-7-11-26(29)12-8-23)28-24-5-4-6-25(28)17-30-16-24/h7-14,20,24-25,28,30-31H,3-6,15-19H2,1-2H3/t24-,25+,28-. The van der Waals surface area contributed by atoms with Crippen LogP contribution in [0.5, 0.6) is 5.75 Å². The van der Waals surface area contributed by atoms with Crippen molar-refractivity contribution in [3.05, 3.63) is 77.9 Å². The van der Waals surface area contributed by atoms with Gasteiger partial charge in [0.25, 0.3) is 0 Å². The summed E-state index contributed by atoms with van der Waals surface area (Å²) in [4.78, 5) is 2.45. The summed E-state index contributed by atoms with van der Waals surface area (Å²) in [5.74, 6) is 3.41. The number of hydrogen-bond donors (Lipinski definition) is 2. The molecule has 1 aliphatic heterocycles. The van der Waals surface area contributed by atoms with Gasteiger partial charge in [-0.25, -0.2) is 4.39 Å². The number of hydrogen-bond acceptors (Lipinski definition) is 4. The Labute approximate surface area is 198 Å². The average molecular weight is 452 g/mol. The minimum atomic E-state index is -0.193. The molecule has 1 saturated heterocycles. The van der Waals surface area contributed by atoms with E-state index in [1.807, 2.05) is 24.3 Å². The molecule has 0 spiro atoms. The van der Waals surface area contributed by atoms with Gasteiger partial charge >= 0.3 is 0 Å². The molecule has 1 saturated carbocycles. The van der Waals surface area contributed by atoms with Gasteiger partial charge in [0.15, 0.2) is 0 Å². The lowest BCUT2D eigenvalue weighted by Crippen LogP contribution is -2.57. The average Bonchev–Trinajstić information content (AvgIpc) is 2.81. The second kappa shape index (κ2) is 11.1. The Kier molecular flexibility index (Phi) is 7.92. The minimum absolute atomic E-state index is 0.193. The predicted octanol–water partition coefficient (Wildman–Crippen LogP) is 5.31. The van der Waals surface area contributed by atoms with Gasteiger partial charge < -0.3 is 20.3 Å². The van der Waals surface area contributed by atoms with Gasteiger partial charge in [-0.15, -0.1) is 0 Å². The van der Waals surface area contributed by atoms with Gasteiger partial charge in [0.2, 0.25) is 0 Å². The van der Waals surface area contributed by atoms with Crippen LogP contribution in [0.15, 0.2) is 60.9 Å². The molecule has 4 rings (SSSR count). The Morgan fingerprint density at radius 2 is 1.70 bits per heavy atom. The van der Waals surface area contributed by atoms with Crippen molar-refractivity contribution >= 4 is 0 Å². The maximum absolute atomic E-state index is 13.5. The van der Waals surface area contributed by atoms with E-state index in [0.717, 1.165) is 43.4 Å². The molecule has 2 aliphatic rings. The van der Waals surface area contributed by atoms with Crippen LogP contribution in [0, 0.1) is 23.6 Å². The molecular formula is C28H38FN3O. The number of fused-ring (bicyclic) bond motifs is 2. The number of piperidine rings is 1. The topological polar surface area (TPSA) is 36.5 Å². The first kappa shape index (κ1) is 23.6. The largest absolute Gasteiger partial charge is 0.493 e. The SMILES string of the molecule is C=C(NCc1ccc(OCC(C)C)cc1)N(Cc1ccc(F)cc1)[C@@H]1[C@@H]2CCC[C@H]1CNC2. The third-order valence-corrected chi connectivity index (χ3v) is 6.90. The van der Waals surface area contributed by atoms with Crippen LogP contribution in [0.1, 0.15) is 44.2 Å². The molecular weight excluding hydrogens is 413 g/mol. The lowest BCUT2D eigenvalue weighted by molar-refractivity contribution is 0.0444. The highest BCUT2D eigenvalue weighted by molar-refractivity contribution is 5.27. The Morgan fingerprint density at radius 3 is 2.33 bits per heavy atom. The van der Waals surface area contributed by atoms with E-state index in [0.29, 0.717) is 30.3 Å². The first-order valence-electron chi connectivity index (χ1n) is 12.4. The number of benzene rings is 2. The van der Waals surface area contributed by atoms with Crippen LogP contribution in [0.2, 0.25) is 0 Å². The highest BCUT2D eigenvalue weighted by Gasteiger charge is 2.40. The molecule has 178 valence electrons. The molecule has 33 heavy (non-hydrogen) atoms. The molecule has 4 nitrogen and oxygen atoms in total. The number of rotatable bonds is 10. The lowest BCUT2D eigenvalue weighted by atomic mass is 9.73. The van der Waals surface area contributed by atoms with Gasteiger partial charge in [-0.3, -0.25) is 0 Å². The van der Waals surface area contributed by atoms with Crippen LogP contribution in [-0.2, 0) is 13.1 Å². The first-order valence-corrected chi connectivity index (χ1v) is 12.4. The minimum Gasteiger partial charge on any atom is -0.493 e. The van der Waals surface area contributed by atoms with Crippen LogP contribution in [0.25, 0.3) is 0 Å². The van der Waals surface area contributed by atoms with E-state index >= 15 is 0 Å². The van der Waals surface area contributed by atoms with Gasteiger partial charge in [-0.1, -0.05) is 51.1 Å². The summed E-state index contributed by atoms with van der Waals surface area (Å²) in [5.41, 5.74) is 2.31. The van der Waals surface area contributed by atoms with Gasteiger partial charge in [0, 0.05) is 19.1 Å². The molecule has 3 atom stereocenters. The van der Waals surface area contributed by atoms with E-state index in [4.69, 9.17) is 4.74 Å². The molecule has 1 heterocycles. The fourth-order valence-corrected chi connectivity index (χ4v) is 5.22. The zero-order valence-electron chi connectivity index (χ0n) is 20.0. The maximum Gasteiger partial charge on any atom is 0.123 e. The zero-order valence-corrected chi connectivity index (χ0v) is 20.0. The summed E-state index contributed by atoms with van der Waals surface area (Å²) < 4.78 is 19.3. The van der Waals surface area contributed by atoms with E-state index < -0.39 is 0 Å². The third kappa shape index (κ3) is 6.29. The first-order chi connectivity index (χ1) is 16.0. The van der Waals surface area contributed by atoms with Gasteiger partial charge in [0.1, 0.15) is 11.6 Å². The molecule has 0 radical (unpaired) electrons. The smallest absolute Gasteiger partial charge is 0.123 e. The van der Waals surface area contributed by atoms with E-state index in [1.165, 1.54) is 24.8 Å². The Bertz CT molecular complexity index is 874. The van der Waals surface area contributed by atoms with E-state index in [9.17, 15) is 4.39 Å². The Hall–Kier alpha value is -2.53. The highest BCUT2D eigenvalue weighted by Crippen LogP contribution is 2.37. The summed E-state index contributed by atoms with van der Waals surface area (Å²) in [7, 11) is 0. The van der Waals surface area contributed by atoms with Crippen molar-refractivity contribution in [3.8, 4) is 5.75 Å². The molecule has 2 aromatic carbocycles. The predicted molar refractivity (Wildman–Crippen MR) is 132 cm³/mol. The molecule has 5 heteroatoms. The van der Waals surface area contributed by atoms with E-state index in [-0.39, 0.29) is 5.82 Å². The fourth-order valence-electron chi connectivity index (χ4n) is 5.22. The van der Waals surface area contributed by atoms with Crippen molar-refractivity contribution < 1.29 is 9.13 Å². The van der Waals surface area contributed by atoms with Crippen molar-refractivity contribution in [1.82, 2.24) is 15.5 Å². The van der Waals surface area contributed by atoms with Crippen molar-refractivity contribution in [2.75, 3.05) is 19.7 Å². The summed E-state index contributed by atoms with van der Waals surface area (Å²) >= 11 is 0. The van der Waals surface area contributed by atoms with Crippen molar-refractivity contribution in [2.24, 2.45) is 17.8 Å². The van der Waals surface area contributed by atoms with Crippen molar-refractivity contribution in [3.63, 3.8) is 0 Å². The Balaban J connectivity index is 1.44. The molecule has 0 unspecified atom stereocenters. The van der Waals surface area contributed by atoms with Crippen LogP contribution in [-0.4, -0.2) is 30.6 Å². The zero-order chi connectivity index (χ0) is 23.2. The summed E-state index contributed by atoms with van der Waals surface area (Å²) in [5, 5.41) is 7.21. The maximum atomic E-state index is 13.5. The molecule has 0 aromatic heterocycles. The second-order valence-corrected chi connectivity index (χ2v) is 10.0. The van der Waals surface area contributed by atoms with Crippen molar-refractivity contribution in [2.45, 2.75) is 52.2 Å². The molecule has 2 bridgehead atoms. The third-order valence-electron chi connectivity index (χ3n) is 6.90. The van der Waals surface area contributed by atoms with E-state index in [2.05, 4.69) is 48.1 Å². The fraction of sp³-hybridized carbons (Fsp3) is 0.500. The number of nitrogens with zero attached hydrogens (tertiary/aromatic N) is 1. The Morgan fingerprint density at radius 1 is 1.06 bits per heavy atom. The van der Waals surface area contributed by atoms with Crippen LogP contribution in [0.4, 0.5) is 4.39 Å². The highest BCUT2D eigenvalue weighted by atomic mass is 19.1. The van der Waals surface area contributed by atoms with Gasteiger partial charge in [-0.2, -0.15) is 0 Å². The molecule has 2 aromatic rings. The lowest BCUT2D eigenvalue weighted by Gasteiger charge is -2.50. The van der Waals surface area contributed by atoms with Gasteiger partial charge in [-0.05, 0) is 79.1 Å². The molecule has 0 amide bonds. The van der Waals surface area contributed by atoms with Crippen molar-refractivity contribution in [1.29, 1.82) is 0 Å². The number of halogens is 1. The summed E-state index contributed by atoms with van der Waals surface area (Å²) in [6.45, 7) is 13.1. The van der Waals surface area contributed by atoms with Gasteiger partial charge in [0.05, 0.1) is 12.4 Å². The quantitative estimate of drug-likeness (QED) is 0.513. The summed E-state index contributed by atoms with van der Waals surface area (Å²) in [6.07, 6.45) is 3.81. The monoisotopic (exact) mass is 451 g/mol. The normalized spacial score (nSPS) is 22.1. The van der Waals surface area contributed by atoms with Crippen LogP contribution in [0.3, 0.4) is 0 Å². The molecule has 2 fully saturated rings. The number of ether oxygens (including phenoxy) is 1. The second-order valence-electron chi connectivity index (χ2n) is 10.0. The van der Waals surface area contributed by atoms with Crippen LogP contribution < -0.4 is 15.4 Å².